The third-order valence-corrected chi connectivity index (χ3v) is 3.12. The van der Waals surface area contributed by atoms with Gasteiger partial charge in [-0.25, -0.2) is 5.14 Å². The van der Waals surface area contributed by atoms with Crippen molar-refractivity contribution >= 4 is 11.0 Å². The number of hydrogen-bond donors (Lipinski definition) is 3. The summed E-state index contributed by atoms with van der Waals surface area (Å²) in [5, 5.41) is 5.02. The van der Waals surface area contributed by atoms with E-state index in [1.165, 1.54) is 6.92 Å². The van der Waals surface area contributed by atoms with Crippen molar-refractivity contribution in [1.29, 1.82) is 0 Å². The van der Waals surface area contributed by atoms with Crippen LogP contribution in [0, 0.1) is 0 Å². The van der Waals surface area contributed by atoms with E-state index in [0.717, 1.165) is 4.31 Å². The maximum absolute atomic E-state index is 12.0. The fourth-order valence-corrected chi connectivity index (χ4v) is 2.31. The van der Waals surface area contributed by atoms with E-state index in [0.29, 0.717) is 0 Å². The van der Waals surface area contributed by atoms with Gasteiger partial charge in [0.05, 0.1) is 12.5 Å². The number of nitrogens with two attached hydrogens (primary N) is 1. The van der Waals surface area contributed by atoms with Crippen LogP contribution in [-0.2, 0) is 4.74 Å². The van der Waals surface area contributed by atoms with Crippen LogP contribution in [0.15, 0.2) is 0 Å². The van der Waals surface area contributed by atoms with Gasteiger partial charge < -0.3 is 4.74 Å². The van der Waals surface area contributed by atoms with Gasteiger partial charge in [-0.3, -0.25) is 9.11 Å². The van der Waals surface area contributed by atoms with Crippen molar-refractivity contribution in [3.63, 3.8) is 0 Å². The fourth-order valence-electron chi connectivity index (χ4n) is 1.44. The lowest BCUT2D eigenvalue weighted by Gasteiger charge is -2.37. The minimum atomic E-state index is -4.34. The first-order valence-electron chi connectivity index (χ1n) is 4.14. The van der Waals surface area contributed by atoms with Crippen molar-refractivity contribution in [3.05, 3.63) is 0 Å². The van der Waals surface area contributed by atoms with Crippen LogP contribution in [-0.4, -0.2) is 38.5 Å². The lowest BCUT2D eigenvalue weighted by atomic mass is 10.2. The molecule has 0 radical (unpaired) electrons. The number of hydrogen-bond acceptors (Lipinski definition) is 5. The highest BCUT2D eigenvalue weighted by atomic mass is 32.3. The summed E-state index contributed by atoms with van der Waals surface area (Å²) in [6.07, 6.45) is -7.39. The Kier molecular flexibility index (Phi) is 3.53. The second-order valence-corrected chi connectivity index (χ2v) is 4.93. The van der Waals surface area contributed by atoms with E-state index >= 15 is 0 Å². The SMILES string of the molecule is CC1OC(CC(F)(F)F)CN1S(N)(O)O. The molecule has 15 heavy (non-hydrogen) atoms. The van der Waals surface area contributed by atoms with Crippen molar-refractivity contribution in [3.8, 4) is 0 Å². The van der Waals surface area contributed by atoms with E-state index in [4.69, 9.17) is 19.0 Å². The molecule has 5 nitrogen and oxygen atoms in total. The van der Waals surface area contributed by atoms with Crippen molar-refractivity contribution in [2.75, 3.05) is 6.54 Å². The molecule has 1 aliphatic rings. The van der Waals surface area contributed by atoms with Gasteiger partial charge in [0.25, 0.3) is 0 Å². The normalized spacial score (nSPS) is 30.9. The molecule has 0 spiro atoms. The molecule has 1 fully saturated rings. The summed E-state index contributed by atoms with van der Waals surface area (Å²) in [6.45, 7) is 1.18. The van der Waals surface area contributed by atoms with Gasteiger partial charge in [0, 0.05) is 6.54 Å². The lowest BCUT2D eigenvalue weighted by molar-refractivity contribution is -0.157. The second-order valence-electron chi connectivity index (χ2n) is 3.34. The van der Waals surface area contributed by atoms with Gasteiger partial charge in [-0.15, -0.1) is 0 Å². The van der Waals surface area contributed by atoms with Gasteiger partial charge in [0.1, 0.15) is 6.23 Å². The summed E-state index contributed by atoms with van der Waals surface area (Å²) in [5.41, 5.74) is 0. The molecular formula is C6H13F3N2O3S. The Morgan fingerprint density at radius 3 is 2.40 bits per heavy atom. The lowest BCUT2D eigenvalue weighted by Crippen LogP contribution is -2.36. The van der Waals surface area contributed by atoms with E-state index in [-0.39, 0.29) is 6.54 Å². The van der Waals surface area contributed by atoms with Crippen molar-refractivity contribution < 1.29 is 27.0 Å². The summed E-state index contributed by atoms with van der Waals surface area (Å²) in [4.78, 5) is 0. The first-order chi connectivity index (χ1) is 6.59. The Labute approximate surface area is 86.6 Å². The molecule has 0 aliphatic carbocycles. The number of halogens is 3. The van der Waals surface area contributed by atoms with E-state index in [1.54, 1.807) is 0 Å². The summed E-state index contributed by atoms with van der Waals surface area (Å²) in [7, 11) is -3.50. The van der Waals surface area contributed by atoms with Crippen LogP contribution < -0.4 is 5.14 Å². The average molecular weight is 250 g/mol. The Morgan fingerprint density at radius 2 is 2.07 bits per heavy atom. The first kappa shape index (κ1) is 13.0. The van der Waals surface area contributed by atoms with Crippen LogP contribution >= 0.6 is 11.0 Å². The Bertz CT molecular complexity index is 233. The maximum atomic E-state index is 12.0. The molecule has 0 aromatic heterocycles. The highest BCUT2D eigenvalue weighted by Gasteiger charge is 2.42. The van der Waals surface area contributed by atoms with Crippen LogP contribution in [0.25, 0.3) is 0 Å². The van der Waals surface area contributed by atoms with E-state index in [1.807, 2.05) is 0 Å². The number of ether oxygens (including phenoxy) is 1. The molecule has 2 atom stereocenters. The smallest absolute Gasteiger partial charge is 0.357 e. The molecule has 2 unspecified atom stereocenters. The fraction of sp³-hybridized carbons (Fsp3) is 1.00. The van der Waals surface area contributed by atoms with Gasteiger partial charge >= 0.3 is 6.18 Å². The Morgan fingerprint density at radius 1 is 1.53 bits per heavy atom. The van der Waals surface area contributed by atoms with Crippen LogP contribution in [0.3, 0.4) is 0 Å². The predicted molar refractivity (Wildman–Crippen MR) is 48.7 cm³/mol. The van der Waals surface area contributed by atoms with E-state index in [9.17, 15) is 13.2 Å². The molecular weight excluding hydrogens is 237 g/mol. The molecule has 92 valence electrons. The van der Waals surface area contributed by atoms with Gasteiger partial charge in [-0.05, 0) is 6.92 Å². The van der Waals surface area contributed by atoms with Crippen LogP contribution in [0.1, 0.15) is 13.3 Å². The third kappa shape index (κ3) is 3.78. The van der Waals surface area contributed by atoms with E-state index < -0.39 is 35.9 Å². The molecule has 1 aliphatic heterocycles. The molecule has 1 heterocycles. The molecule has 1 saturated heterocycles. The number of nitrogens with zero attached hydrogens (tertiary/aromatic N) is 1. The first-order valence-corrected chi connectivity index (χ1v) is 5.71. The topological polar surface area (TPSA) is 79.0 Å². The highest BCUT2D eigenvalue weighted by molar-refractivity contribution is 8.20. The zero-order valence-electron chi connectivity index (χ0n) is 7.94. The van der Waals surface area contributed by atoms with E-state index in [2.05, 4.69) is 0 Å². The standard InChI is InChI=1S/C6H13F3N2O3S/c1-4-11(15(10,12)13)3-5(14-4)2-6(7,8)9/h4-5,12-13H,2-3,10H2,1H3. The monoisotopic (exact) mass is 250 g/mol. The third-order valence-electron chi connectivity index (χ3n) is 1.98. The van der Waals surface area contributed by atoms with Crippen LogP contribution in [0.4, 0.5) is 13.2 Å². The molecule has 0 saturated carbocycles. The molecule has 0 aromatic carbocycles. The summed E-state index contributed by atoms with van der Waals surface area (Å²) in [5.74, 6) is 0. The number of rotatable bonds is 2. The number of alkyl halides is 3. The van der Waals surface area contributed by atoms with Crippen molar-refractivity contribution in [2.45, 2.75) is 31.9 Å². The van der Waals surface area contributed by atoms with Crippen molar-refractivity contribution in [1.82, 2.24) is 4.31 Å². The van der Waals surface area contributed by atoms with Crippen molar-refractivity contribution in [2.24, 2.45) is 5.14 Å². The average Bonchev–Trinajstić information content (AvgIpc) is 2.25. The van der Waals surface area contributed by atoms with Gasteiger partial charge in [0.15, 0.2) is 0 Å². The Hall–Kier alpha value is -0.0600. The van der Waals surface area contributed by atoms with Crippen LogP contribution in [0.5, 0.6) is 0 Å². The summed E-state index contributed by atoms with van der Waals surface area (Å²) >= 11 is 0. The van der Waals surface area contributed by atoms with Gasteiger partial charge in [-0.1, -0.05) is 11.0 Å². The zero-order chi connectivity index (χ0) is 11.9. The Balaban J connectivity index is 2.57. The molecule has 0 bridgehead atoms. The summed E-state index contributed by atoms with van der Waals surface area (Å²) in [6, 6.07) is 0. The molecule has 0 aromatic rings. The minimum Gasteiger partial charge on any atom is -0.357 e. The minimum absolute atomic E-state index is 0.237. The predicted octanol–water partition coefficient (Wildman–Crippen LogP) is 1.52. The molecule has 0 amide bonds. The molecule has 9 heteroatoms. The molecule has 1 rings (SSSR count). The highest BCUT2D eigenvalue weighted by Crippen LogP contribution is 2.41. The largest absolute Gasteiger partial charge is 0.391 e. The quantitative estimate of drug-likeness (QED) is 0.692. The zero-order valence-corrected chi connectivity index (χ0v) is 8.75. The van der Waals surface area contributed by atoms with Gasteiger partial charge in [0.2, 0.25) is 0 Å². The second kappa shape index (κ2) is 4.07. The molecule has 4 N–H and O–H groups in total. The summed E-state index contributed by atoms with van der Waals surface area (Å²) < 4.78 is 60.0. The van der Waals surface area contributed by atoms with Gasteiger partial charge in [-0.2, -0.15) is 17.5 Å². The van der Waals surface area contributed by atoms with Crippen LogP contribution in [0.2, 0.25) is 0 Å². The maximum Gasteiger partial charge on any atom is 0.391 e.